The fourth-order valence-corrected chi connectivity index (χ4v) is 0.625. The maximum atomic E-state index is 9.74. The molecule has 0 aliphatic carbocycles. The van der Waals surface area contributed by atoms with Gasteiger partial charge in [0.2, 0.25) is 0 Å². The van der Waals surface area contributed by atoms with Crippen LogP contribution in [-0.4, -0.2) is 31.0 Å². The van der Waals surface area contributed by atoms with Gasteiger partial charge in [-0.15, -0.1) is 0 Å². The molecule has 0 rings (SSSR count). The van der Waals surface area contributed by atoms with Crippen LogP contribution in [0.25, 0.3) is 0 Å². The van der Waals surface area contributed by atoms with Crippen LogP contribution < -0.4 is 0 Å². The van der Waals surface area contributed by atoms with Gasteiger partial charge in [-0.2, -0.15) is 16.8 Å². The third-order valence-electron chi connectivity index (χ3n) is 0.324. The summed E-state index contributed by atoms with van der Waals surface area (Å²) in [6, 6.07) is 0. The highest BCUT2D eigenvalue weighted by molar-refractivity contribution is 7.81. The number of hydrogen-bond acceptors (Lipinski definition) is 7. The maximum absolute atomic E-state index is 9.74. The summed E-state index contributed by atoms with van der Waals surface area (Å²) in [4.78, 5) is 0. The molecule has 72 valence electrons. The minimum atomic E-state index is -5.06. The highest BCUT2D eigenvalue weighted by atomic mass is 32.3. The van der Waals surface area contributed by atoms with E-state index >= 15 is 0 Å². The summed E-state index contributed by atoms with van der Waals surface area (Å²) in [7, 11) is -10.1. The van der Waals surface area contributed by atoms with Crippen LogP contribution >= 0.6 is 0 Å². The smallest absolute Gasteiger partial charge is 0.250 e. The van der Waals surface area contributed by atoms with E-state index in [9.17, 15) is 16.8 Å². The molecule has 0 saturated carbocycles. The van der Waals surface area contributed by atoms with Gasteiger partial charge in [0.25, 0.3) is 0 Å². The standard InChI is InChI=1S/H2N2O8S2/c1-2(9-11(3,4)5)10-12(6,7)8/h1H,(H-,3,4,5,6,7,8)/p+1. The number of rotatable bonds is 4. The Kier molecular flexibility index (Phi) is 2.92. The number of nitrogens with one attached hydrogen (secondary N) is 1. The van der Waals surface area contributed by atoms with Crippen molar-refractivity contribution in [3.8, 4) is 0 Å². The second-order valence-electron chi connectivity index (χ2n) is 1.26. The normalized spacial score (nSPS) is 12.2. The van der Waals surface area contributed by atoms with Gasteiger partial charge in [-0.05, 0) is 8.57 Å². The molecule has 0 aliphatic rings. The Hall–Kier alpha value is -0.980. The summed E-state index contributed by atoms with van der Waals surface area (Å²) in [6.45, 7) is 0. The second-order valence-corrected chi connectivity index (χ2v) is 3.27. The van der Waals surface area contributed by atoms with E-state index < -0.39 is 25.8 Å². The summed E-state index contributed by atoms with van der Waals surface area (Å²) in [5.41, 5.74) is 6.19. The van der Waals surface area contributed by atoms with E-state index in [-0.39, 0.29) is 0 Å². The van der Waals surface area contributed by atoms with Gasteiger partial charge in [-0.25, -0.2) is 0 Å². The molecule has 3 N–H and O–H groups in total. The van der Waals surface area contributed by atoms with Gasteiger partial charge in [0.05, 0.1) is 5.53 Å². The third kappa shape index (κ3) is 7.13. The molecule has 0 spiro atoms. The molecule has 0 aliphatic heterocycles. The monoisotopic (exact) mass is 223 g/mol. The van der Waals surface area contributed by atoms with E-state index in [2.05, 4.69) is 8.57 Å². The van der Waals surface area contributed by atoms with Crippen LogP contribution in [-0.2, 0) is 29.4 Å². The van der Waals surface area contributed by atoms with Crippen molar-refractivity contribution in [1.82, 2.24) is 0 Å². The van der Waals surface area contributed by atoms with E-state index in [0.717, 1.165) is 0 Å². The van der Waals surface area contributed by atoms with Gasteiger partial charge in [0.15, 0.2) is 0 Å². The molecule has 12 heavy (non-hydrogen) atoms. The molecular formula is H3N2O8S2+. The highest BCUT2D eigenvalue weighted by Crippen LogP contribution is 1.92. The number of hydrogen-bond donors (Lipinski definition) is 3. The van der Waals surface area contributed by atoms with E-state index in [0.29, 0.717) is 0 Å². The molecule has 0 bridgehead atoms. The summed E-state index contributed by atoms with van der Waals surface area (Å²) >= 11 is 0. The summed E-state index contributed by atoms with van der Waals surface area (Å²) in [6.07, 6.45) is 0. The van der Waals surface area contributed by atoms with Gasteiger partial charge >= 0.3 is 25.8 Å². The van der Waals surface area contributed by atoms with Crippen LogP contribution in [0.1, 0.15) is 0 Å². The first kappa shape index (κ1) is 11.0. The molecule has 0 aromatic heterocycles. The number of nitrogens with zero attached hydrogens (tertiary/aromatic N) is 1. The molecule has 0 atom stereocenters. The van der Waals surface area contributed by atoms with E-state index in [1.165, 1.54) is 0 Å². The molecule has 0 fully saturated rings. The van der Waals surface area contributed by atoms with Gasteiger partial charge < -0.3 is 0 Å². The molecule has 0 aromatic rings. The molecule has 0 saturated heterocycles. The largest absolute Gasteiger partial charge is 0.508 e. The first-order chi connectivity index (χ1) is 5.10. The minimum Gasteiger partial charge on any atom is -0.250 e. The van der Waals surface area contributed by atoms with Crippen molar-refractivity contribution in [2.45, 2.75) is 0 Å². The zero-order valence-corrected chi connectivity index (χ0v) is 6.74. The SMILES string of the molecule is N=[N+](OS(=O)(=O)O)OS(=O)(=O)O. The van der Waals surface area contributed by atoms with E-state index in [1.54, 1.807) is 0 Å². The Morgan fingerprint density at radius 1 is 1.00 bits per heavy atom. The van der Waals surface area contributed by atoms with Crippen LogP contribution in [0.2, 0.25) is 0 Å². The summed E-state index contributed by atoms with van der Waals surface area (Å²) in [5, 5.41) is -1.01. The Balaban J connectivity index is 4.30. The van der Waals surface area contributed by atoms with Crippen LogP contribution in [0.15, 0.2) is 0 Å². The van der Waals surface area contributed by atoms with Crippen molar-refractivity contribution in [2.24, 2.45) is 0 Å². The van der Waals surface area contributed by atoms with Gasteiger partial charge in [0.1, 0.15) is 0 Å². The third-order valence-corrected chi connectivity index (χ3v) is 0.971. The lowest BCUT2D eigenvalue weighted by Gasteiger charge is -1.88. The van der Waals surface area contributed by atoms with Gasteiger partial charge in [0, 0.05) is 0 Å². The van der Waals surface area contributed by atoms with E-state index in [4.69, 9.17) is 14.6 Å². The average Bonchev–Trinajstić information content (AvgIpc) is 1.49. The van der Waals surface area contributed by atoms with Gasteiger partial charge in [-0.1, -0.05) is 0 Å². The van der Waals surface area contributed by atoms with Crippen LogP contribution in [0, 0.1) is 5.53 Å². The molecule has 0 amide bonds. The molecular weight excluding hydrogens is 220 g/mol. The Morgan fingerprint density at radius 3 is 1.42 bits per heavy atom. The minimum absolute atomic E-state index is 1.01. The van der Waals surface area contributed by atoms with Crippen molar-refractivity contribution in [2.75, 3.05) is 0 Å². The van der Waals surface area contributed by atoms with Crippen LogP contribution in [0.3, 0.4) is 0 Å². The highest BCUT2D eigenvalue weighted by Gasteiger charge is 2.26. The van der Waals surface area contributed by atoms with Crippen molar-refractivity contribution in [3.05, 3.63) is 0 Å². The van der Waals surface area contributed by atoms with Crippen LogP contribution in [0.4, 0.5) is 0 Å². The Morgan fingerprint density at radius 2 is 1.25 bits per heavy atom. The fraction of sp³-hybridized carbons (Fsp3) is 0. The Bertz CT molecular complexity index is 322. The fourth-order valence-electron chi connectivity index (χ4n) is 0.184. The first-order valence-electron chi connectivity index (χ1n) is 1.95. The average molecular weight is 223 g/mol. The zero-order valence-electron chi connectivity index (χ0n) is 5.11. The van der Waals surface area contributed by atoms with Gasteiger partial charge in [-0.3, -0.25) is 9.11 Å². The quantitative estimate of drug-likeness (QED) is 0.295. The predicted molar refractivity (Wildman–Crippen MR) is 28.2 cm³/mol. The predicted octanol–water partition coefficient (Wildman–Crippen LogP) is -1.50. The molecule has 10 nitrogen and oxygen atoms in total. The maximum Gasteiger partial charge on any atom is 0.508 e. The van der Waals surface area contributed by atoms with E-state index in [1.807, 2.05) is 0 Å². The topological polar surface area (TPSA) is 154 Å². The molecule has 0 aromatic carbocycles. The van der Waals surface area contributed by atoms with Crippen molar-refractivity contribution >= 4 is 20.8 Å². The second kappa shape index (κ2) is 3.18. The molecule has 0 heterocycles. The lowest BCUT2D eigenvalue weighted by Crippen LogP contribution is -2.19. The molecule has 12 heteroatoms. The molecule has 0 unspecified atom stereocenters. The van der Waals surface area contributed by atoms with Crippen molar-refractivity contribution < 1.29 is 39.5 Å². The first-order valence-corrected chi connectivity index (χ1v) is 4.68. The van der Waals surface area contributed by atoms with Crippen molar-refractivity contribution in [3.63, 3.8) is 0 Å². The van der Waals surface area contributed by atoms with Crippen molar-refractivity contribution in [1.29, 1.82) is 5.53 Å². The van der Waals surface area contributed by atoms with Crippen LogP contribution in [0.5, 0.6) is 0 Å². The summed E-state index contributed by atoms with van der Waals surface area (Å²) < 4.78 is 60.8. The Labute approximate surface area is 66.6 Å². The zero-order chi connectivity index (χ0) is 9.99. The lowest BCUT2D eigenvalue weighted by atomic mass is 12.9. The lowest BCUT2D eigenvalue weighted by molar-refractivity contribution is -0.967. The molecule has 0 radical (unpaired) electrons. The summed E-state index contributed by atoms with van der Waals surface area (Å²) in [5.74, 6) is 0.